The number of aromatic nitrogens is 2. The van der Waals surface area contributed by atoms with Crippen molar-refractivity contribution in [3.63, 3.8) is 0 Å². The monoisotopic (exact) mass is 369 g/mol. The number of nitrogens with zero attached hydrogens (tertiary/aromatic N) is 3. The molecule has 0 aliphatic carbocycles. The molecule has 1 fully saturated rings. The van der Waals surface area contributed by atoms with Crippen molar-refractivity contribution in [1.29, 1.82) is 0 Å². The van der Waals surface area contributed by atoms with Gasteiger partial charge in [-0.1, -0.05) is 0 Å². The average molecular weight is 369 g/mol. The standard InChI is InChI=1S/C16H23N3O5S/c1-9-6-23-7-11-8-24-12-13(16(3,4)25(5,21)22)17-14(10(2)20)18-15(12)19(9)11/h9,11H,6-8H2,1-5H3. The maximum Gasteiger partial charge on any atom is 0.198 e. The van der Waals surface area contributed by atoms with Crippen LogP contribution in [0.5, 0.6) is 5.75 Å². The summed E-state index contributed by atoms with van der Waals surface area (Å²) in [5.74, 6) is 0.481. The Morgan fingerprint density at radius 3 is 2.52 bits per heavy atom. The lowest BCUT2D eigenvalue weighted by molar-refractivity contribution is 0.0481. The molecule has 0 saturated carbocycles. The third-order valence-corrected chi connectivity index (χ3v) is 6.91. The molecule has 1 saturated heterocycles. The Morgan fingerprint density at radius 2 is 1.92 bits per heavy atom. The van der Waals surface area contributed by atoms with Crippen LogP contribution in [0.3, 0.4) is 0 Å². The zero-order chi connectivity index (χ0) is 18.6. The summed E-state index contributed by atoms with van der Waals surface area (Å²) in [6, 6.07) is 0.00505. The number of anilines is 1. The van der Waals surface area contributed by atoms with Gasteiger partial charge in [0.1, 0.15) is 17.0 Å². The van der Waals surface area contributed by atoms with Crippen LogP contribution >= 0.6 is 0 Å². The molecule has 138 valence electrons. The summed E-state index contributed by atoms with van der Waals surface area (Å²) in [7, 11) is -3.50. The molecule has 3 rings (SSSR count). The van der Waals surface area contributed by atoms with E-state index in [0.29, 0.717) is 31.4 Å². The van der Waals surface area contributed by atoms with E-state index < -0.39 is 14.6 Å². The van der Waals surface area contributed by atoms with E-state index in [-0.39, 0.29) is 29.4 Å². The highest BCUT2D eigenvalue weighted by atomic mass is 32.2. The summed E-state index contributed by atoms with van der Waals surface area (Å²) in [6.45, 7) is 7.86. The molecule has 2 aliphatic rings. The number of rotatable bonds is 3. The topological polar surface area (TPSA) is 98.7 Å². The van der Waals surface area contributed by atoms with Gasteiger partial charge in [-0.05, 0) is 20.8 Å². The Labute approximate surface area is 147 Å². The first kappa shape index (κ1) is 18.1. The third kappa shape index (κ3) is 2.89. The lowest BCUT2D eigenvalue weighted by Crippen LogP contribution is -2.56. The van der Waals surface area contributed by atoms with Crippen LogP contribution in [0.4, 0.5) is 5.82 Å². The Balaban J connectivity index is 2.27. The number of carbonyl (C=O) groups is 1. The van der Waals surface area contributed by atoms with Crippen molar-refractivity contribution < 1.29 is 22.7 Å². The largest absolute Gasteiger partial charge is 0.486 e. The van der Waals surface area contributed by atoms with E-state index in [1.165, 1.54) is 6.92 Å². The Hall–Kier alpha value is -1.74. The number of carbonyl (C=O) groups excluding carboxylic acids is 1. The van der Waals surface area contributed by atoms with Crippen LogP contribution < -0.4 is 9.64 Å². The molecule has 0 aromatic carbocycles. The minimum absolute atomic E-state index is 0.00610. The van der Waals surface area contributed by atoms with E-state index in [1.807, 2.05) is 6.92 Å². The second kappa shape index (κ2) is 5.91. The molecule has 0 bridgehead atoms. The van der Waals surface area contributed by atoms with E-state index in [0.717, 1.165) is 6.26 Å². The van der Waals surface area contributed by atoms with Crippen LogP contribution in [0.2, 0.25) is 0 Å². The molecule has 8 nitrogen and oxygen atoms in total. The second-order valence-electron chi connectivity index (χ2n) is 7.15. The molecule has 2 aliphatic heterocycles. The van der Waals surface area contributed by atoms with Gasteiger partial charge in [-0.3, -0.25) is 4.79 Å². The molecule has 2 atom stereocenters. The first-order valence-corrected chi connectivity index (χ1v) is 10.0. The van der Waals surface area contributed by atoms with Gasteiger partial charge < -0.3 is 14.4 Å². The molecular weight excluding hydrogens is 346 g/mol. The molecule has 0 radical (unpaired) electrons. The average Bonchev–Trinajstić information content (AvgIpc) is 2.52. The fraction of sp³-hybridized carbons (Fsp3) is 0.688. The molecule has 3 heterocycles. The van der Waals surface area contributed by atoms with Crippen LogP contribution in [0, 0.1) is 0 Å². The quantitative estimate of drug-likeness (QED) is 0.726. The fourth-order valence-electron chi connectivity index (χ4n) is 3.07. The smallest absolute Gasteiger partial charge is 0.198 e. The van der Waals surface area contributed by atoms with Crippen molar-refractivity contribution in [2.45, 2.75) is 44.5 Å². The van der Waals surface area contributed by atoms with Gasteiger partial charge in [0.15, 0.2) is 33.0 Å². The van der Waals surface area contributed by atoms with E-state index in [4.69, 9.17) is 9.47 Å². The molecule has 9 heteroatoms. The van der Waals surface area contributed by atoms with Gasteiger partial charge in [0, 0.05) is 13.2 Å². The third-order valence-electron chi connectivity index (χ3n) is 4.86. The minimum Gasteiger partial charge on any atom is -0.486 e. The van der Waals surface area contributed by atoms with Crippen molar-refractivity contribution in [3.05, 3.63) is 11.5 Å². The van der Waals surface area contributed by atoms with Gasteiger partial charge in [-0.25, -0.2) is 18.4 Å². The van der Waals surface area contributed by atoms with Crippen molar-refractivity contribution >= 4 is 21.4 Å². The number of morpholine rings is 1. The van der Waals surface area contributed by atoms with Gasteiger partial charge in [0.2, 0.25) is 0 Å². The summed E-state index contributed by atoms with van der Waals surface area (Å²) in [5, 5.41) is 0. The number of Topliss-reactive ketones (excluding diaryl/α,β-unsaturated/α-hetero) is 1. The van der Waals surface area contributed by atoms with Gasteiger partial charge in [-0.2, -0.15) is 0 Å². The van der Waals surface area contributed by atoms with Crippen LogP contribution in [0.15, 0.2) is 0 Å². The summed E-state index contributed by atoms with van der Waals surface area (Å²) < 4.78 is 34.8. The van der Waals surface area contributed by atoms with Gasteiger partial charge in [0.25, 0.3) is 0 Å². The number of ketones is 1. The normalized spacial score (nSPS) is 23.5. The van der Waals surface area contributed by atoms with Crippen LogP contribution in [-0.2, 0) is 19.3 Å². The first-order chi connectivity index (χ1) is 11.5. The molecule has 25 heavy (non-hydrogen) atoms. The van der Waals surface area contributed by atoms with Crippen LogP contribution in [0.25, 0.3) is 0 Å². The Morgan fingerprint density at radius 1 is 1.24 bits per heavy atom. The summed E-state index contributed by atoms with van der Waals surface area (Å²) >= 11 is 0. The zero-order valence-corrected chi connectivity index (χ0v) is 15.9. The highest BCUT2D eigenvalue weighted by molar-refractivity contribution is 7.91. The van der Waals surface area contributed by atoms with Crippen LogP contribution in [-0.4, -0.2) is 62.3 Å². The van der Waals surface area contributed by atoms with E-state index in [2.05, 4.69) is 14.9 Å². The molecule has 2 unspecified atom stereocenters. The maximum atomic E-state index is 12.3. The van der Waals surface area contributed by atoms with Gasteiger partial charge in [0.05, 0.1) is 25.3 Å². The van der Waals surface area contributed by atoms with E-state index in [1.54, 1.807) is 13.8 Å². The Bertz CT molecular complexity index is 821. The molecule has 1 aromatic rings. The summed E-state index contributed by atoms with van der Waals surface area (Å²) in [5.41, 5.74) is 0.224. The number of fused-ring (bicyclic) bond motifs is 3. The second-order valence-corrected chi connectivity index (χ2v) is 9.71. The van der Waals surface area contributed by atoms with Crippen molar-refractivity contribution in [1.82, 2.24) is 9.97 Å². The van der Waals surface area contributed by atoms with E-state index >= 15 is 0 Å². The lowest BCUT2D eigenvalue weighted by Gasteiger charge is -2.45. The van der Waals surface area contributed by atoms with Crippen LogP contribution in [0.1, 0.15) is 44.0 Å². The number of ether oxygens (including phenoxy) is 2. The highest BCUT2D eigenvalue weighted by Gasteiger charge is 2.43. The summed E-state index contributed by atoms with van der Waals surface area (Å²) in [6.07, 6.45) is 1.15. The van der Waals surface area contributed by atoms with Gasteiger partial charge >= 0.3 is 0 Å². The van der Waals surface area contributed by atoms with Crippen molar-refractivity contribution in [2.24, 2.45) is 0 Å². The minimum atomic E-state index is -3.50. The van der Waals surface area contributed by atoms with Gasteiger partial charge in [-0.15, -0.1) is 0 Å². The lowest BCUT2D eigenvalue weighted by atomic mass is 10.0. The molecule has 0 spiro atoms. The number of sulfone groups is 1. The van der Waals surface area contributed by atoms with Crippen molar-refractivity contribution in [3.8, 4) is 5.75 Å². The SMILES string of the molecule is CC(=O)c1nc2c(c(C(C)(C)S(C)(=O)=O)n1)OCC1COCC(C)N21. The number of hydrogen-bond donors (Lipinski definition) is 0. The van der Waals surface area contributed by atoms with E-state index in [9.17, 15) is 13.2 Å². The molecule has 0 amide bonds. The zero-order valence-electron chi connectivity index (χ0n) is 15.1. The summed E-state index contributed by atoms with van der Waals surface area (Å²) in [4.78, 5) is 22.7. The molecule has 1 aromatic heterocycles. The van der Waals surface area contributed by atoms with Crippen molar-refractivity contribution in [2.75, 3.05) is 31.0 Å². The molecule has 0 N–H and O–H groups in total. The molecular formula is C16H23N3O5S. The predicted molar refractivity (Wildman–Crippen MR) is 91.9 cm³/mol. The predicted octanol–water partition coefficient (Wildman–Crippen LogP) is 0.945. The first-order valence-electron chi connectivity index (χ1n) is 8.16. The Kier molecular flexibility index (Phi) is 4.27. The fourth-order valence-corrected chi connectivity index (χ4v) is 3.56. The highest BCUT2D eigenvalue weighted by Crippen LogP contribution is 2.43. The number of hydrogen-bond acceptors (Lipinski definition) is 8. The maximum absolute atomic E-state index is 12.3.